The minimum Gasteiger partial charge on any atom is -0.466 e. The van der Waals surface area contributed by atoms with Crippen LogP contribution in [0.5, 0.6) is 0 Å². The van der Waals surface area contributed by atoms with E-state index in [-0.39, 0.29) is 18.5 Å². The van der Waals surface area contributed by atoms with Crippen LogP contribution in [-0.4, -0.2) is 47.4 Å². The highest BCUT2D eigenvalue weighted by Crippen LogP contribution is 2.20. The molecule has 1 amide bonds. The standard InChI is InChI=1S/C76H147NO5/c1-3-5-7-9-11-13-15-17-19-21-22-23-24-25-27-30-33-37-40-44-48-52-56-60-64-68-74(79)73(72-78)77-75(80)69-65-61-57-53-49-45-41-38-34-31-28-26-29-32-35-39-43-47-51-55-59-63-67-71-82-76(81)70-66-62-58-54-50-46-42-36-20-18-16-14-12-10-8-6-4-2/h12,14,18,20,73-74,78-79H,3-11,13,15-17,19,21-72H2,1-2H3,(H,77,80)/b14-12-,20-18-. The zero-order chi connectivity index (χ0) is 59.2. The Morgan fingerprint density at radius 3 is 0.951 bits per heavy atom. The largest absolute Gasteiger partial charge is 0.466 e. The molecule has 0 heterocycles. The molecule has 0 saturated heterocycles. The van der Waals surface area contributed by atoms with Crippen molar-refractivity contribution in [1.82, 2.24) is 5.32 Å². The number of carbonyl (C=O) groups excluding carboxylic acids is 2. The van der Waals surface area contributed by atoms with Gasteiger partial charge in [0.05, 0.1) is 25.4 Å². The van der Waals surface area contributed by atoms with Crippen molar-refractivity contribution in [1.29, 1.82) is 0 Å². The molecule has 0 radical (unpaired) electrons. The van der Waals surface area contributed by atoms with E-state index in [1.807, 2.05) is 0 Å². The van der Waals surface area contributed by atoms with Crippen LogP contribution in [0.3, 0.4) is 0 Å². The summed E-state index contributed by atoms with van der Waals surface area (Å²) < 4.78 is 5.50. The number of allylic oxidation sites excluding steroid dienone is 4. The monoisotopic (exact) mass is 1150 g/mol. The van der Waals surface area contributed by atoms with E-state index >= 15 is 0 Å². The highest BCUT2D eigenvalue weighted by Gasteiger charge is 2.20. The fraction of sp³-hybridized carbons (Fsp3) is 0.921. The second kappa shape index (κ2) is 71.8. The summed E-state index contributed by atoms with van der Waals surface area (Å²) in [6.07, 6.45) is 90.9. The van der Waals surface area contributed by atoms with Gasteiger partial charge in [-0.05, 0) is 57.8 Å². The molecule has 6 heteroatoms. The lowest BCUT2D eigenvalue weighted by molar-refractivity contribution is -0.143. The van der Waals surface area contributed by atoms with Crippen LogP contribution in [-0.2, 0) is 14.3 Å². The van der Waals surface area contributed by atoms with Crippen LogP contribution in [0.25, 0.3) is 0 Å². The van der Waals surface area contributed by atoms with E-state index in [2.05, 4.69) is 43.5 Å². The lowest BCUT2D eigenvalue weighted by Gasteiger charge is -2.22. The van der Waals surface area contributed by atoms with Gasteiger partial charge >= 0.3 is 5.97 Å². The Kier molecular flexibility index (Phi) is 70.4. The van der Waals surface area contributed by atoms with Crippen LogP contribution in [0.15, 0.2) is 24.3 Å². The highest BCUT2D eigenvalue weighted by atomic mass is 16.5. The summed E-state index contributed by atoms with van der Waals surface area (Å²) in [5.41, 5.74) is 0. The number of amides is 1. The maximum Gasteiger partial charge on any atom is 0.305 e. The quantitative estimate of drug-likeness (QED) is 0.0320. The zero-order valence-electron chi connectivity index (χ0n) is 55.8. The van der Waals surface area contributed by atoms with Crippen molar-refractivity contribution in [3.63, 3.8) is 0 Å². The Morgan fingerprint density at radius 2 is 0.610 bits per heavy atom. The van der Waals surface area contributed by atoms with E-state index in [0.717, 1.165) is 51.4 Å². The van der Waals surface area contributed by atoms with Crippen LogP contribution >= 0.6 is 0 Å². The predicted molar refractivity (Wildman–Crippen MR) is 361 cm³/mol. The third-order valence-electron chi connectivity index (χ3n) is 17.8. The fourth-order valence-electron chi connectivity index (χ4n) is 12.0. The first-order valence-electron chi connectivity index (χ1n) is 37.6. The van der Waals surface area contributed by atoms with Crippen molar-refractivity contribution in [2.24, 2.45) is 0 Å². The van der Waals surface area contributed by atoms with Gasteiger partial charge in [-0.1, -0.05) is 378 Å². The van der Waals surface area contributed by atoms with E-state index in [9.17, 15) is 19.8 Å². The Labute approximate surface area is 513 Å². The summed E-state index contributed by atoms with van der Waals surface area (Å²) in [7, 11) is 0. The zero-order valence-corrected chi connectivity index (χ0v) is 55.8. The van der Waals surface area contributed by atoms with Gasteiger partial charge < -0.3 is 20.3 Å². The molecule has 0 aliphatic rings. The number of carbonyl (C=O) groups is 2. The highest BCUT2D eigenvalue weighted by molar-refractivity contribution is 5.76. The van der Waals surface area contributed by atoms with Crippen molar-refractivity contribution < 1.29 is 24.5 Å². The lowest BCUT2D eigenvalue weighted by Crippen LogP contribution is -2.45. The predicted octanol–water partition coefficient (Wildman–Crippen LogP) is 24.5. The summed E-state index contributed by atoms with van der Waals surface area (Å²) in [6.45, 7) is 4.97. The molecule has 0 aliphatic carbocycles. The molecule has 2 unspecified atom stereocenters. The van der Waals surface area contributed by atoms with Crippen LogP contribution in [0.4, 0.5) is 0 Å². The van der Waals surface area contributed by atoms with Crippen molar-refractivity contribution in [2.75, 3.05) is 13.2 Å². The Balaban J connectivity index is 3.37. The van der Waals surface area contributed by atoms with Crippen molar-refractivity contribution in [3.05, 3.63) is 24.3 Å². The molecule has 0 aliphatic heterocycles. The molecule has 6 nitrogen and oxygen atoms in total. The summed E-state index contributed by atoms with van der Waals surface area (Å²) in [5.74, 6) is -0.0212. The number of aliphatic hydroxyl groups is 2. The molecule has 486 valence electrons. The number of ether oxygens (including phenoxy) is 1. The molecule has 0 saturated carbocycles. The van der Waals surface area contributed by atoms with Crippen molar-refractivity contribution in [3.8, 4) is 0 Å². The van der Waals surface area contributed by atoms with Gasteiger partial charge in [-0.3, -0.25) is 9.59 Å². The lowest BCUT2D eigenvalue weighted by atomic mass is 10.0. The second-order valence-electron chi connectivity index (χ2n) is 26.0. The van der Waals surface area contributed by atoms with E-state index in [1.54, 1.807) is 0 Å². The van der Waals surface area contributed by atoms with E-state index in [4.69, 9.17) is 4.74 Å². The molecular formula is C76H147NO5. The number of esters is 1. The van der Waals surface area contributed by atoms with Crippen LogP contribution in [0, 0.1) is 0 Å². The molecule has 2 atom stereocenters. The summed E-state index contributed by atoms with van der Waals surface area (Å²) in [6, 6.07) is -0.543. The number of aliphatic hydroxyl groups excluding tert-OH is 2. The minimum atomic E-state index is -0.666. The van der Waals surface area contributed by atoms with E-state index in [1.165, 1.54) is 340 Å². The molecule has 0 aromatic heterocycles. The van der Waals surface area contributed by atoms with E-state index < -0.39 is 12.1 Å². The van der Waals surface area contributed by atoms with Gasteiger partial charge in [0.25, 0.3) is 0 Å². The Morgan fingerprint density at radius 1 is 0.341 bits per heavy atom. The minimum absolute atomic E-state index is 0.00788. The third-order valence-corrected chi connectivity index (χ3v) is 17.8. The number of unbranched alkanes of at least 4 members (excludes halogenated alkanes) is 56. The Hall–Kier alpha value is -1.66. The molecule has 0 spiro atoms. The second-order valence-corrected chi connectivity index (χ2v) is 26.0. The average Bonchev–Trinajstić information content (AvgIpc) is 3.48. The summed E-state index contributed by atoms with van der Waals surface area (Å²) in [4.78, 5) is 24.7. The molecule has 0 fully saturated rings. The topological polar surface area (TPSA) is 95.9 Å². The number of hydrogen-bond acceptors (Lipinski definition) is 5. The van der Waals surface area contributed by atoms with Gasteiger partial charge in [0.2, 0.25) is 5.91 Å². The molecular weight excluding hydrogens is 1010 g/mol. The molecule has 0 aromatic carbocycles. The van der Waals surface area contributed by atoms with Crippen molar-refractivity contribution >= 4 is 11.9 Å². The van der Waals surface area contributed by atoms with Crippen LogP contribution in [0.1, 0.15) is 425 Å². The van der Waals surface area contributed by atoms with Gasteiger partial charge in [-0.2, -0.15) is 0 Å². The van der Waals surface area contributed by atoms with Gasteiger partial charge in [0.1, 0.15) is 0 Å². The first kappa shape index (κ1) is 80.3. The number of rotatable bonds is 71. The third kappa shape index (κ3) is 67.5. The van der Waals surface area contributed by atoms with Gasteiger partial charge in [-0.25, -0.2) is 0 Å². The first-order chi connectivity index (χ1) is 40.5. The Bertz CT molecular complexity index is 1280. The van der Waals surface area contributed by atoms with Crippen molar-refractivity contribution in [2.45, 2.75) is 437 Å². The average molecular weight is 1160 g/mol. The fourth-order valence-corrected chi connectivity index (χ4v) is 12.0. The number of hydrogen-bond donors (Lipinski definition) is 3. The molecule has 3 N–H and O–H groups in total. The SMILES string of the molecule is CCCCC/C=C\C/C=C\CCCCCCCCCC(=O)OCCCCCCCCCCCCCCCCCCCCCCCCCC(=O)NC(CO)C(O)CCCCCCCCCCCCCCCCCCCCCCCCCCC. The van der Waals surface area contributed by atoms with Crippen LogP contribution < -0.4 is 5.32 Å². The maximum absolute atomic E-state index is 12.6. The van der Waals surface area contributed by atoms with Crippen LogP contribution in [0.2, 0.25) is 0 Å². The van der Waals surface area contributed by atoms with Gasteiger partial charge in [0, 0.05) is 12.8 Å². The van der Waals surface area contributed by atoms with Gasteiger partial charge in [0.15, 0.2) is 0 Å². The van der Waals surface area contributed by atoms with Gasteiger partial charge in [-0.15, -0.1) is 0 Å². The van der Waals surface area contributed by atoms with E-state index in [0.29, 0.717) is 25.9 Å². The smallest absolute Gasteiger partial charge is 0.305 e. The molecule has 0 rings (SSSR count). The maximum atomic E-state index is 12.6. The molecule has 0 bridgehead atoms. The molecule has 82 heavy (non-hydrogen) atoms. The summed E-state index contributed by atoms with van der Waals surface area (Å²) in [5, 5.41) is 23.5. The first-order valence-corrected chi connectivity index (χ1v) is 37.6. The summed E-state index contributed by atoms with van der Waals surface area (Å²) >= 11 is 0. The number of nitrogens with one attached hydrogen (secondary N) is 1. The molecule has 0 aromatic rings. The normalized spacial score (nSPS) is 12.6.